The lowest BCUT2D eigenvalue weighted by Gasteiger charge is -2.31. The van der Waals surface area contributed by atoms with Gasteiger partial charge < -0.3 is 24.8 Å². The van der Waals surface area contributed by atoms with Crippen molar-refractivity contribution in [1.82, 2.24) is 15.0 Å². The maximum absolute atomic E-state index is 10.1. The minimum Gasteiger partial charge on any atom is -0.488 e. The number of anilines is 2. The summed E-state index contributed by atoms with van der Waals surface area (Å²) in [6.45, 7) is 6.75. The van der Waals surface area contributed by atoms with Gasteiger partial charge in [0.15, 0.2) is 0 Å². The van der Waals surface area contributed by atoms with Crippen LogP contribution in [0.25, 0.3) is 11.0 Å². The molecule has 0 atom stereocenters. The van der Waals surface area contributed by atoms with Crippen LogP contribution in [0.4, 0.5) is 11.5 Å². The van der Waals surface area contributed by atoms with Gasteiger partial charge in [-0.05, 0) is 51.7 Å². The van der Waals surface area contributed by atoms with Crippen LogP contribution in [-0.2, 0) is 10.3 Å². The standard InChI is InChI=1S/C26H33N5O3/c1-26(2,32)18-3-8-24(29-17-18)30-19-4-6-21(7-5-19)34-23-16-20(31-11-13-33-14-12-31)15-22-25(23)28-10-9-27-22/h3,8-10,15-17,19,21,32H,4-7,11-14H2,1-2H3,(H,29,30). The van der Waals surface area contributed by atoms with Gasteiger partial charge in [-0.25, -0.2) is 9.97 Å². The van der Waals surface area contributed by atoms with Gasteiger partial charge in [0.05, 0.1) is 30.4 Å². The monoisotopic (exact) mass is 463 g/mol. The molecule has 1 saturated heterocycles. The number of aliphatic hydroxyl groups is 1. The van der Waals surface area contributed by atoms with Crippen LogP contribution in [0, 0.1) is 0 Å². The SMILES string of the molecule is CC(C)(O)c1ccc(NC2CCC(Oc3cc(N4CCOCC4)cc4nccnc34)CC2)nc1. The summed E-state index contributed by atoms with van der Waals surface area (Å²) in [6, 6.07) is 8.44. The number of fused-ring (bicyclic) bond motifs is 1. The van der Waals surface area contributed by atoms with Crippen LogP contribution in [0.1, 0.15) is 45.1 Å². The molecule has 1 aliphatic heterocycles. The lowest BCUT2D eigenvalue weighted by molar-refractivity contribution is 0.0782. The Morgan fingerprint density at radius 2 is 1.79 bits per heavy atom. The van der Waals surface area contributed by atoms with Crippen LogP contribution in [-0.4, -0.2) is 58.5 Å². The Hall–Kier alpha value is -2.97. The lowest BCUT2D eigenvalue weighted by Crippen LogP contribution is -2.36. The van der Waals surface area contributed by atoms with Gasteiger partial charge in [0.1, 0.15) is 17.1 Å². The number of hydrogen-bond acceptors (Lipinski definition) is 8. The fourth-order valence-corrected chi connectivity index (χ4v) is 4.68. The van der Waals surface area contributed by atoms with E-state index in [2.05, 4.69) is 37.3 Å². The molecule has 34 heavy (non-hydrogen) atoms. The molecule has 0 amide bonds. The Balaban J connectivity index is 1.23. The summed E-state index contributed by atoms with van der Waals surface area (Å²) in [6.07, 6.45) is 9.28. The van der Waals surface area contributed by atoms with Crippen molar-refractivity contribution in [3.8, 4) is 5.75 Å². The van der Waals surface area contributed by atoms with E-state index in [9.17, 15) is 5.11 Å². The third kappa shape index (κ3) is 5.23. The molecule has 0 spiro atoms. The molecule has 1 aliphatic carbocycles. The van der Waals surface area contributed by atoms with E-state index in [1.807, 2.05) is 12.1 Å². The molecule has 1 saturated carbocycles. The van der Waals surface area contributed by atoms with Gasteiger partial charge in [-0.15, -0.1) is 0 Å². The molecule has 2 N–H and O–H groups in total. The van der Waals surface area contributed by atoms with Crippen molar-refractivity contribution in [1.29, 1.82) is 0 Å². The first kappa shape index (κ1) is 22.8. The molecule has 2 fully saturated rings. The van der Waals surface area contributed by atoms with Crippen molar-refractivity contribution in [3.05, 3.63) is 48.4 Å². The Bertz CT molecular complexity index is 1100. The van der Waals surface area contributed by atoms with Crippen LogP contribution in [0.5, 0.6) is 5.75 Å². The number of rotatable bonds is 6. The van der Waals surface area contributed by atoms with Crippen LogP contribution in [0.3, 0.4) is 0 Å². The molecule has 2 aliphatic rings. The predicted octanol–water partition coefficient (Wildman–Crippen LogP) is 3.89. The summed E-state index contributed by atoms with van der Waals surface area (Å²) in [5.74, 6) is 1.66. The number of hydrogen-bond donors (Lipinski definition) is 2. The number of benzene rings is 1. The minimum atomic E-state index is -0.880. The van der Waals surface area contributed by atoms with Gasteiger partial charge >= 0.3 is 0 Å². The quantitative estimate of drug-likeness (QED) is 0.569. The molecular weight excluding hydrogens is 430 g/mol. The number of nitrogens with zero attached hydrogens (tertiary/aromatic N) is 4. The normalized spacial score (nSPS) is 21.4. The van der Waals surface area contributed by atoms with E-state index >= 15 is 0 Å². The first-order valence-electron chi connectivity index (χ1n) is 12.2. The fraction of sp³-hybridized carbons (Fsp3) is 0.500. The third-order valence-corrected chi connectivity index (χ3v) is 6.69. The average molecular weight is 464 g/mol. The van der Waals surface area contributed by atoms with Gasteiger partial charge in [0.2, 0.25) is 0 Å². The summed E-state index contributed by atoms with van der Waals surface area (Å²) >= 11 is 0. The average Bonchev–Trinajstić information content (AvgIpc) is 2.85. The van der Waals surface area contributed by atoms with Gasteiger partial charge in [-0.2, -0.15) is 0 Å². The second-order valence-electron chi connectivity index (χ2n) is 9.69. The van der Waals surface area contributed by atoms with E-state index in [0.717, 1.165) is 85.8 Å². The second-order valence-corrected chi connectivity index (χ2v) is 9.69. The van der Waals surface area contributed by atoms with Crippen molar-refractivity contribution in [2.45, 2.75) is 57.3 Å². The zero-order chi connectivity index (χ0) is 23.5. The Kier molecular flexibility index (Phi) is 6.52. The van der Waals surface area contributed by atoms with Crippen molar-refractivity contribution in [2.75, 3.05) is 36.5 Å². The molecule has 0 unspecified atom stereocenters. The largest absolute Gasteiger partial charge is 0.488 e. The zero-order valence-electron chi connectivity index (χ0n) is 19.9. The van der Waals surface area contributed by atoms with E-state index in [1.54, 1.807) is 32.4 Å². The maximum atomic E-state index is 10.1. The van der Waals surface area contributed by atoms with E-state index in [0.29, 0.717) is 6.04 Å². The van der Waals surface area contributed by atoms with Crippen molar-refractivity contribution < 1.29 is 14.6 Å². The number of morpholine rings is 1. The molecule has 1 aromatic carbocycles. The highest BCUT2D eigenvalue weighted by molar-refractivity contribution is 5.85. The molecule has 3 aromatic rings. The molecule has 0 bridgehead atoms. The lowest BCUT2D eigenvalue weighted by atomic mass is 9.93. The highest BCUT2D eigenvalue weighted by Gasteiger charge is 2.25. The molecule has 8 nitrogen and oxygen atoms in total. The minimum absolute atomic E-state index is 0.147. The zero-order valence-corrected chi connectivity index (χ0v) is 19.9. The van der Waals surface area contributed by atoms with Crippen LogP contribution in [0.15, 0.2) is 42.9 Å². The Morgan fingerprint density at radius 1 is 1.03 bits per heavy atom. The smallest absolute Gasteiger partial charge is 0.149 e. The number of pyridine rings is 1. The summed E-state index contributed by atoms with van der Waals surface area (Å²) in [5.41, 5.74) is 2.72. The van der Waals surface area contributed by atoms with Gasteiger partial charge in [-0.3, -0.25) is 4.98 Å². The van der Waals surface area contributed by atoms with Crippen LogP contribution >= 0.6 is 0 Å². The molecule has 180 valence electrons. The predicted molar refractivity (Wildman–Crippen MR) is 132 cm³/mol. The van der Waals surface area contributed by atoms with E-state index in [1.165, 1.54) is 0 Å². The van der Waals surface area contributed by atoms with Gasteiger partial charge in [0, 0.05) is 55.0 Å². The molecular formula is C26H33N5O3. The number of aromatic nitrogens is 3. The summed E-state index contributed by atoms with van der Waals surface area (Å²) in [5, 5.41) is 13.7. The highest BCUT2D eigenvalue weighted by Crippen LogP contribution is 2.33. The molecule has 5 rings (SSSR count). The van der Waals surface area contributed by atoms with Crippen molar-refractivity contribution in [2.24, 2.45) is 0 Å². The topological polar surface area (TPSA) is 92.6 Å². The molecule has 8 heteroatoms. The molecule has 0 radical (unpaired) electrons. The van der Waals surface area contributed by atoms with Gasteiger partial charge in [-0.1, -0.05) is 6.07 Å². The first-order chi connectivity index (χ1) is 16.5. The Morgan fingerprint density at radius 3 is 2.50 bits per heavy atom. The molecule has 2 aromatic heterocycles. The third-order valence-electron chi connectivity index (χ3n) is 6.69. The van der Waals surface area contributed by atoms with Crippen LogP contribution < -0.4 is 15.0 Å². The second kappa shape index (κ2) is 9.72. The highest BCUT2D eigenvalue weighted by atomic mass is 16.5. The Labute approximate surface area is 200 Å². The van der Waals surface area contributed by atoms with E-state index in [4.69, 9.17) is 9.47 Å². The summed E-state index contributed by atoms with van der Waals surface area (Å²) in [7, 11) is 0. The van der Waals surface area contributed by atoms with Crippen molar-refractivity contribution in [3.63, 3.8) is 0 Å². The summed E-state index contributed by atoms with van der Waals surface area (Å²) in [4.78, 5) is 15.9. The first-order valence-corrected chi connectivity index (χ1v) is 12.2. The van der Waals surface area contributed by atoms with Gasteiger partial charge in [0.25, 0.3) is 0 Å². The number of ether oxygens (including phenoxy) is 2. The van der Waals surface area contributed by atoms with Crippen molar-refractivity contribution >= 4 is 22.5 Å². The van der Waals surface area contributed by atoms with E-state index in [-0.39, 0.29) is 6.10 Å². The molecule has 3 heterocycles. The summed E-state index contributed by atoms with van der Waals surface area (Å²) < 4.78 is 12.0. The fourth-order valence-electron chi connectivity index (χ4n) is 4.68. The van der Waals surface area contributed by atoms with Crippen LogP contribution in [0.2, 0.25) is 0 Å². The maximum Gasteiger partial charge on any atom is 0.149 e. The van der Waals surface area contributed by atoms with E-state index < -0.39 is 5.60 Å². The number of nitrogens with one attached hydrogen (secondary N) is 1.